The molecule has 2 aromatic rings. The van der Waals surface area contributed by atoms with E-state index in [0.29, 0.717) is 24.3 Å². The second-order valence-corrected chi connectivity index (χ2v) is 6.53. The predicted octanol–water partition coefficient (Wildman–Crippen LogP) is -2.33. The smallest absolute Gasteiger partial charge is 0.186 e. The number of aliphatic hydroxyl groups is 2. The topological polar surface area (TPSA) is 196 Å². The number of nitrogen functional groups attached to an aromatic ring is 1. The molecule has 5 atom stereocenters. The van der Waals surface area contributed by atoms with Gasteiger partial charge in [-0.15, -0.1) is 0 Å². The van der Waals surface area contributed by atoms with Gasteiger partial charge < -0.3 is 37.5 Å². The number of aliphatic hydroxyl groups excluding tert-OH is 2. The molecule has 1 saturated heterocycles. The fraction of sp³-hybridized carbons (Fsp3) is 0.600. The molecule has 0 aliphatic carbocycles. The third kappa shape index (κ3) is 4.08. The Morgan fingerprint density at radius 3 is 2.85 bits per heavy atom. The first-order valence-electron chi connectivity index (χ1n) is 8.62. The molecule has 3 rings (SSSR count). The zero-order chi connectivity index (χ0) is 19.6. The highest BCUT2D eigenvalue weighted by Crippen LogP contribution is 2.31. The summed E-state index contributed by atoms with van der Waals surface area (Å²) in [6.07, 6.45) is -0.130. The van der Waals surface area contributed by atoms with Crippen LogP contribution in [-0.4, -0.2) is 73.1 Å². The van der Waals surface area contributed by atoms with Crippen LogP contribution in [0.1, 0.15) is 19.6 Å². The molecule has 0 bridgehead atoms. The van der Waals surface area contributed by atoms with Crippen LogP contribution in [0.5, 0.6) is 0 Å². The first-order chi connectivity index (χ1) is 12.9. The van der Waals surface area contributed by atoms with E-state index in [1.165, 1.54) is 12.7 Å². The highest BCUT2D eigenvalue weighted by Gasteiger charge is 2.44. The van der Waals surface area contributed by atoms with Crippen LogP contribution in [0.4, 0.5) is 5.82 Å². The van der Waals surface area contributed by atoms with Crippen molar-refractivity contribution in [1.29, 1.82) is 0 Å². The van der Waals surface area contributed by atoms with Crippen molar-refractivity contribution in [1.82, 2.24) is 24.8 Å². The van der Waals surface area contributed by atoms with Gasteiger partial charge in [0.15, 0.2) is 23.7 Å². The van der Waals surface area contributed by atoms with E-state index in [0.717, 1.165) is 6.42 Å². The van der Waals surface area contributed by atoms with Crippen LogP contribution in [0, 0.1) is 0 Å². The zero-order valence-electron chi connectivity index (χ0n) is 14.9. The summed E-state index contributed by atoms with van der Waals surface area (Å²) < 4.78 is 7.39. The molecule has 0 aromatic carbocycles. The molecule has 0 spiro atoms. The maximum atomic E-state index is 10.4. The van der Waals surface area contributed by atoms with Gasteiger partial charge in [-0.1, -0.05) is 0 Å². The molecule has 2 aromatic heterocycles. The quantitative estimate of drug-likeness (QED) is 0.172. The monoisotopic (exact) mass is 379 g/mol. The minimum absolute atomic E-state index is 0.0160. The Morgan fingerprint density at radius 2 is 2.11 bits per heavy atom. The van der Waals surface area contributed by atoms with Crippen LogP contribution in [0.2, 0.25) is 0 Å². The third-order valence-corrected chi connectivity index (χ3v) is 4.45. The summed E-state index contributed by atoms with van der Waals surface area (Å²) in [5.41, 5.74) is 17.3. The third-order valence-electron chi connectivity index (χ3n) is 4.45. The minimum Gasteiger partial charge on any atom is -0.387 e. The fourth-order valence-electron chi connectivity index (χ4n) is 3.06. The number of fused-ring (bicyclic) bond motifs is 1. The van der Waals surface area contributed by atoms with Crippen molar-refractivity contribution in [2.45, 2.75) is 43.9 Å². The summed E-state index contributed by atoms with van der Waals surface area (Å²) in [6.45, 7) is 2.88. The van der Waals surface area contributed by atoms with E-state index in [9.17, 15) is 10.2 Å². The van der Waals surface area contributed by atoms with E-state index in [-0.39, 0.29) is 17.8 Å². The predicted molar refractivity (Wildman–Crippen MR) is 98.4 cm³/mol. The van der Waals surface area contributed by atoms with E-state index >= 15 is 0 Å². The number of imidazole rings is 1. The van der Waals surface area contributed by atoms with Gasteiger partial charge in [0.05, 0.1) is 12.4 Å². The van der Waals surface area contributed by atoms with Crippen molar-refractivity contribution in [3.05, 3.63) is 12.7 Å². The van der Waals surface area contributed by atoms with Gasteiger partial charge in [0.1, 0.15) is 30.2 Å². The Labute approximate surface area is 155 Å². The lowest BCUT2D eigenvalue weighted by atomic mass is 10.1. The number of hydrogen-bond acceptors (Lipinski definition) is 9. The van der Waals surface area contributed by atoms with Gasteiger partial charge >= 0.3 is 0 Å². The van der Waals surface area contributed by atoms with Gasteiger partial charge in [0, 0.05) is 6.54 Å². The molecular weight excluding hydrogens is 354 g/mol. The van der Waals surface area contributed by atoms with E-state index in [2.05, 4.69) is 25.3 Å². The van der Waals surface area contributed by atoms with Gasteiger partial charge in [0.25, 0.3) is 0 Å². The zero-order valence-corrected chi connectivity index (χ0v) is 14.9. The number of aliphatic imine (C=N–C) groups is 1. The molecule has 27 heavy (non-hydrogen) atoms. The first-order valence-corrected chi connectivity index (χ1v) is 8.62. The number of guanidine groups is 1. The van der Waals surface area contributed by atoms with Crippen molar-refractivity contribution in [2.75, 3.05) is 18.8 Å². The number of anilines is 1. The van der Waals surface area contributed by atoms with E-state index < -0.39 is 24.5 Å². The standard InChI is InChI=1S/C15H25N9O3/c1-7(23-15(17)18)2-3-19-4-8-10(25)11(26)14(27-8)24-6-22-9-12(16)20-5-21-13(9)24/h5-8,10-11,14,19,25-26H,2-4H2,1H3,(H2,16,20,21)(H4,17,18,23)/t7?,8-,10?,11?,14-/m1/s1. The summed E-state index contributed by atoms with van der Waals surface area (Å²) in [5.74, 6) is 0.292. The molecule has 0 radical (unpaired) electrons. The molecule has 0 saturated carbocycles. The normalized spacial score (nSPS) is 26.3. The van der Waals surface area contributed by atoms with Crippen molar-refractivity contribution in [3.63, 3.8) is 0 Å². The molecule has 12 nitrogen and oxygen atoms in total. The number of rotatable bonds is 7. The highest BCUT2D eigenvalue weighted by atomic mass is 16.6. The van der Waals surface area contributed by atoms with Crippen molar-refractivity contribution >= 4 is 22.9 Å². The number of hydrogen-bond donors (Lipinski definition) is 6. The lowest BCUT2D eigenvalue weighted by molar-refractivity contribution is -0.0341. The van der Waals surface area contributed by atoms with Crippen LogP contribution < -0.4 is 22.5 Å². The van der Waals surface area contributed by atoms with Crippen LogP contribution >= 0.6 is 0 Å². The van der Waals surface area contributed by atoms with Gasteiger partial charge in [-0.3, -0.25) is 9.56 Å². The van der Waals surface area contributed by atoms with Crippen LogP contribution in [0.15, 0.2) is 17.6 Å². The fourth-order valence-corrected chi connectivity index (χ4v) is 3.06. The first kappa shape index (κ1) is 19.2. The number of nitrogens with one attached hydrogen (secondary N) is 1. The lowest BCUT2D eigenvalue weighted by Crippen LogP contribution is -2.38. The average molecular weight is 379 g/mol. The Bertz CT molecular complexity index is 807. The molecule has 3 heterocycles. The summed E-state index contributed by atoms with van der Waals surface area (Å²) in [5, 5.41) is 23.9. The summed E-state index contributed by atoms with van der Waals surface area (Å²) in [4.78, 5) is 16.2. The maximum Gasteiger partial charge on any atom is 0.186 e. The van der Waals surface area contributed by atoms with Gasteiger partial charge in [0.2, 0.25) is 0 Å². The number of nitrogens with zero attached hydrogens (tertiary/aromatic N) is 5. The van der Waals surface area contributed by atoms with E-state index in [4.69, 9.17) is 21.9 Å². The Balaban J connectivity index is 1.60. The average Bonchev–Trinajstić information content (AvgIpc) is 3.15. The van der Waals surface area contributed by atoms with Crippen molar-refractivity contribution in [2.24, 2.45) is 16.5 Å². The van der Waals surface area contributed by atoms with Crippen molar-refractivity contribution < 1.29 is 14.9 Å². The highest BCUT2D eigenvalue weighted by molar-refractivity contribution is 5.81. The second kappa shape index (κ2) is 8.00. The number of nitrogens with two attached hydrogens (primary N) is 3. The minimum atomic E-state index is -1.13. The van der Waals surface area contributed by atoms with E-state index in [1.54, 1.807) is 4.57 Å². The molecule has 3 unspecified atom stereocenters. The second-order valence-electron chi connectivity index (χ2n) is 6.53. The molecule has 9 N–H and O–H groups in total. The molecule has 1 fully saturated rings. The van der Waals surface area contributed by atoms with Crippen molar-refractivity contribution in [3.8, 4) is 0 Å². The summed E-state index contributed by atoms with van der Waals surface area (Å²) in [7, 11) is 0. The molecular formula is C15H25N9O3. The van der Waals surface area contributed by atoms with Crippen LogP contribution in [-0.2, 0) is 4.74 Å². The van der Waals surface area contributed by atoms with Crippen LogP contribution in [0.25, 0.3) is 11.2 Å². The van der Waals surface area contributed by atoms with Gasteiger partial charge in [-0.05, 0) is 19.9 Å². The van der Waals surface area contributed by atoms with Gasteiger partial charge in [-0.2, -0.15) is 0 Å². The SMILES string of the molecule is CC(CCNC[C@H]1O[C@@H](n2cnc3c(N)ncnc32)C(O)C1O)N=C(N)N. The summed E-state index contributed by atoms with van der Waals surface area (Å²) >= 11 is 0. The number of aromatic nitrogens is 4. The van der Waals surface area contributed by atoms with E-state index in [1.807, 2.05) is 6.92 Å². The van der Waals surface area contributed by atoms with Crippen LogP contribution in [0.3, 0.4) is 0 Å². The van der Waals surface area contributed by atoms with Gasteiger partial charge in [-0.25, -0.2) is 15.0 Å². The molecule has 1 aliphatic rings. The largest absolute Gasteiger partial charge is 0.387 e. The Kier molecular flexibility index (Phi) is 5.70. The molecule has 0 amide bonds. The molecule has 148 valence electrons. The lowest BCUT2D eigenvalue weighted by Gasteiger charge is -2.16. The molecule has 12 heteroatoms. The molecule has 1 aliphatic heterocycles. The Hall–Kier alpha value is -2.54. The maximum absolute atomic E-state index is 10.4. The Morgan fingerprint density at radius 1 is 1.33 bits per heavy atom. The number of ether oxygens (including phenoxy) is 1. The summed E-state index contributed by atoms with van der Waals surface area (Å²) in [6, 6.07) is -0.0160.